The summed E-state index contributed by atoms with van der Waals surface area (Å²) in [6.45, 7) is 11.1. The highest BCUT2D eigenvalue weighted by atomic mass is 16.5. The predicted octanol–water partition coefficient (Wildman–Crippen LogP) is 3.40. The summed E-state index contributed by atoms with van der Waals surface area (Å²) in [5, 5.41) is 10.4. The van der Waals surface area contributed by atoms with Crippen LogP contribution in [0.25, 0.3) is 0 Å². The number of hydrogen-bond acceptors (Lipinski definition) is 3. The molecule has 0 heterocycles. The van der Waals surface area contributed by atoms with Crippen LogP contribution in [-0.4, -0.2) is 23.8 Å². The van der Waals surface area contributed by atoms with E-state index in [1.807, 2.05) is 0 Å². The van der Waals surface area contributed by atoms with Crippen molar-refractivity contribution in [1.29, 1.82) is 0 Å². The summed E-state index contributed by atoms with van der Waals surface area (Å²) in [5.41, 5.74) is 0.136. The molecule has 2 fully saturated rings. The smallest absolute Gasteiger partial charge is 0.302 e. The van der Waals surface area contributed by atoms with Gasteiger partial charge in [0.25, 0.3) is 0 Å². The van der Waals surface area contributed by atoms with Crippen molar-refractivity contribution in [2.45, 2.75) is 66.4 Å². The van der Waals surface area contributed by atoms with Crippen molar-refractivity contribution in [3.63, 3.8) is 0 Å². The van der Waals surface area contributed by atoms with Crippen LogP contribution < -0.4 is 0 Å². The summed E-state index contributed by atoms with van der Waals surface area (Å²) in [6.07, 6.45) is 4.05. The lowest BCUT2D eigenvalue weighted by atomic mass is 9.46. The van der Waals surface area contributed by atoms with Crippen molar-refractivity contribution in [3.05, 3.63) is 0 Å². The molecule has 0 amide bonds. The summed E-state index contributed by atoms with van der Waals surface area (Å²) in [6, 6.07) is 0. The maximum atomic E-state index is 11.2. The summed E-state index contributed by atoms with van der Waals surface area (Å²) < 4.78 is 5.36. The number of rotatable bonds is 2. The van der Waals surface area contributed by atoms with E-state index >= 15 is 0 Å². The highest BCUT2D eigenvalue weighted by Gasteiger charge is 2.56. The maximum Gasteiger partial charge on any atom is 0.302 e. The third-order valence-corrected chi connectivity index (χ3v) is 6.42. The number of aliphatic hydroxyl groups is 1. The van der Waals surface area contributed by atoms with Crippen LogP contribution in [-0.2, 0) is 9.53 Å². The Morgan fingerprint density at radius 3 is 2.50 bits per heavy atom. The van der Waals surface area contributed by atoms with Gasteiger partial charge in [0.2, 0.25) is 0 Å². The largest absolute Gasteiger partial charge is 0.466 e. The fraction of sp³-hybridized carbons (Fsp3) is 0.941. The van der Waals surface area contributed by atoms with Gasteiger partial charge >= 0.3 is 5.97 Å². The van der Waals surface area contributed by atoms with Crippen molar-refractivity contribution in [3.8, 4) is 0 Å². The van der Waals surface area contributed by atoms with Gasteiger partial charge in [-0.25, -0.2) is 0 Å². The van der Waals surface area contributed by atoms with Gasteiger partial charge in [-0.05, 0) is 48.3 Å². The quantitative estimate of drug-likeness (QED) is 0.790. The van der Waals surface area contributed by atoms with Crippen molar-refractivity contribution in [2.24, 2.45) is 28.6 Å². The molecule has 2 aliphatic carbocycles. The minimum atomic E-state index is -0.205. The fourth-order valence-electron chi connectivity index (χ4n) is 5.06. The van der Waals surface area contributed by atoms with E-state index in [0.29, 0.717) is 24.4 Å². The van der Waals surface area contributed by atoms with Crippen LogP contribution in [0.5, 0.6) is 0 Å². The molecule has 0 spiro atoms. The second-order valence-corrected chi connectivity index (χ2v) is 7.90. The van der Waals surface area contributed by atoms with Gasteiger partial charge in [0.05, 0.1) is 12.7 Å². The number of carbonyl (C=O) groups is 1. The molecule has 3 nitrogen and oxygen atoms in total. The molecule has 2 aliphatic rings. The van der Waals surface area contributed by atoms with Gasteiger partial charge in [-0.2, -0.15) is 0 Å². The van der Waals surface area contributed by atoms with Crippen LogP contribution in [0.15, 0.2) is 0 Å². The van der Waals surface area contributed by atoms with Crippen LogP contribution in [0.1, 0.15) is 60.3 Å². The van der Waals surface area contributed by atoms with E-state index < -0.39 is 0 Å². The van der Waals surface area contributed by atoms with Crippen LogP contribution in [0, 0.1) is 28.6 Å². The zero-order valence-electron chi connectivity index (χ0n) is 13.6. The molecule has 0 saturated heterocycles. The van der Waals surface area contributed by atoms with Crippen LogP contribution in [0.3, 0.4) is 0 Å². The molecule has 0 aromatic heterocycles. The van der Waals surface area contributed by atoms with Crippen LogP contribution in [0.2, 0.25) is 0 Å². The second kappa shape index (κ2) is 5.32. The third-order valence-electron chi connectivity index (χ3n) is 6.42. The number of fused-ring (bicyclic) bond motifs is 1. The van der Waals surface area contributed by atoms with E-state index in [-0.39, 0.29) is 22.9 Å². The van der Waals surface area contributed by atoms with E-state index in [9.17, 15) is 9.90 Å². The molecule has 5 atom stereocenters. The Balaban J connectivity index is 2.25. The molecule has 20 heavy (non-hydrogen) atoms. The van der Waals surface area contributed by atoms with Gasteiger partial charge in [-0.1, -0.05) is 27.7 Å². The molecule has 116 valence electrons. The molecule has 0 radical (unpaired) electrons. The molecular formula is C17H30O3. The topological polar surface area (TPSA) is 46.5 Å². The van der Waals surface area contributed by atoms with Crippen molar-refractivity contribution in [2.75, 3.05) is 6.61 Å². The lowest BCUT2D eigenvalue weighted by Crippen LogP contribution is -2.56. The Morgan fingerprint density at radius 2 is 1.90 bits per heavy atom. The van der Waals surface area contributed by atoms with Gasteiger partial charge in [0, 0.05) is 12.8 Å². The molecule has 3 heteroatoms. The Bertz CT molecular complexity index is 376. The summed E-state index contributed by atoms with van der Waals surface area (Å²) >= 11 is 0. The summed E-state index contributed by atoms with van der Waals surface area (Å²) in [4.78, 5) is 11.2. The van der Waals surface area contributed by atoms with Gasteiger partial charge in [0.15, 0.2) is 0 Å². The second-order valence-electron chi connectivity index (χ2n) is 7.90. The first-order valence-electron chi connectivity index (χ1n) is 8.01. The zero-order chi connectivity index (χ0) is 15.1. The van der Waals surface area contributed by atoms with Gasteiger partial charge in [-0.3, -0.25) is 4.79 Å². The Morgan fingerprint density at radius 1 is 1.25 bits per heavy atom. The highest BCUT2D eigenvalue weighted by molar-refractivity contribution is 5.65. The first-order chi connectivity index (χ1) is 9.19. The Labute approximate surface area is 123 Å². The third kappa shape index (κ3) is 2.49. The predicted molar refractivity (Wildman–Crippen MR) is 79.1 cm³/mol. The molecule has 0 aromatic rings. The molecule has 0 aliphatic heterocycles. The fourth-order valence-corrected chi connectivity index (χ4v) is 5.06. The van der Waals surface area contributed by atoms with E-state index in [2.05, 4.69) is 27.7 Å². The minimum Gasteiger partial charge on any atom is -0.466 e. The molecule has 1 unspecified atom stereocenters. The molecular weight excluding hydrogens is 252 g/mol. The number of ether oxygens (including phenoxy) is 1. The van der Waals surface area contributed by atoms with Gasteiger partial charge in [-0.15, -0.1) is 0 Å². The van der Waals surface area contributed by atoms with Gasteiger partial charge < -0.3 is 9.84 Å². The Kier molecular flexibility index (Phi) is 4.21. The van der Waals surface area contributed by atoms with Gasteiger partial charge in [0.1, 0.15) is 0 Å². The average molecular weight is 282 g/mol. The highest BCUT2D eigenvalue weighted by Crippen LogP contribution is 2.61. The normalized spacial score (nSPS) is 43.7. The first kappa shape index (κ1) is 15.8. The number of esters is 1. The molecule has 1 N–H and O–H groups in total. The van der Waals surface area contributed by atoms with Crippen molar-refractivity contribution < 1.29 is 14.6 Å². The SMILES string of the molecule is CC(=O)OC[C@H]1[C@@H](C)CCC2C(C)(C)[C@@H](O)CC[C@@]21C. The van der Waals surface area contributed by atoms with E-state index in [4.69, 9.17) is 4.74 Å². The first-order valence-corrected chi connectivity index (χ1v) is 8.01. The summed E-state index contributed by atoms with van der Waals surface area (Å²) in [5.74, 6) is 1.33. The average Bonchev–Trinajstić information content (AvgIpc) is 2.33. The standard InChI is InChI=1S/C17H30O3/c1-11-6-7-14-16(3,4)15(19)8-9-17(14,5)13(11)10-20-12(2)18/h11,13-15,19H,6-10H2,1-5H3/t11-,13-,14?,15-,17+/m0/s1. The van der Waals surface area contributed by atoms with Crippen LogP contribution >= 0.6 is 0 Å². The lowest BCUT2D eigenvalue weighted by molar-refractivity contribution is -0.168. The molecule has 2 saturated carbocycles. The van der Waals surface area contributed by atoms with E-state index in [1.54, 1.807) is 0 Å². The lowest BCUT2D eigenvalue weighted by Gasteiger charge is -2.60. The number of aliphatic hydroxyl groups excluding tert-OH is 1. The zero-order valence-corrected chi connectivity index (χ0v) is 13.6. The number of hydrogen-bond donors (Lipinski definition) is 1. The molecule has 0 aromatic carbocycles. The monoisotopic (exact) mass is 282 g/mol. The van der Waals surface area contributed by atoms with E-state index in [1.165, 1.54) is 19.8 Å². The maximum absolute atomic E-state index is 11.2. The van der Waals surface area contributed by atoms with Crippen LogP contribution in [0.4, 0.5) is 0 Å². The Hall–Kier alpha value is -0.570. The summed E-state index contributed by atoms with van der Waals surface area (Å²) in [7, 11) is 0. The molecule has 0 bridgehead atoms. The van der Waals surface area contributed by atoms with E-state index in [0.717, 1.165) is 12.8 Å². The molecule has 2 rings (SSSR count). The number of carbonyl (C=O) groups excluding carboxylic acids is 1. The van der Waals surface area contributed by atoms with Crippen molar-refractivity contribution >= 4 is 5.97 Å². The minimum absolute atomic E-state index is 0.0401. The van der Waals surface area contributed by atoms with Crippen molar-refractivity contribution in [1.82, 2.24) is 0 Å².